The van der Waals surface area contributed by atoms with E-state index in [2.05, 4.69) is 12.2 Å². The number of carbonyl (C=O) groups is 1. The van der Waals surface area contributed by atoms with Crippen LogP contribution in [0.2, 0.25) is 0 Å². The number of hydrogen-bond acceptors (Lipinski definition) is 2. The van der Waals surface area contributed by atoms with E-state index in [4.69, 9.17) is 5.73 Å². The molecular formula is C16H24N2O. The minimum Gasteiger partial charge on any atom is -0.399 e. The first-order chi connectivity index (χ1) is 9.06. The van der Waals surface area contributed by atoms with E-state index in [0.717, 1.165) is 18.0 Å². The minimum atomic E-state index is 0.00317. The molecule has 1 aromatic carbocycles. The fourth-order valence-corrected chi connectivity index (χ4v) is 2.75. The van der Waals surface area contributed by atoms with E-state index in [1.807, 2.05) is 19.1 Å². The minimum absolute atomic E-state index is 0.00317. The summed E-state index contributed by atoms with van der Waals surface area (Å²) >= 11 is 0. The average Bonchev–Trinajstić information content (AvgIpc) is 2.40. The Hall–Kier alpha value is -1.51. The van der Waals surface area contributed by atoms with Gasteiger partial charge in [0.1, 0.15) is 0 Å². The molecule has 104 valence electrons. The van der Waals surface area contributed by atoms with Gasteiger partial charge in [-0.1, -0.05) is 25.8 Å². The summed E-state index contributed by atoms with van der Waals surface area (Å²) in [5.41, 5.74) is 8.05. The van der Waals surface area contributed by atoms with Gasteiger partial charge in [-0.3, -0.25) is 4.79 Å². The number of hydrogen-bond donors (Lipinski definition) is 2. The molecule has 0 unspecified atom stereocenters. The molecule has 0 heterocycles. The molecule has 3 N–H and O–H groups in total. The van der Waals surface area contributed by atoms with Crippen molar-refractivity contribution >= 4 is 11.6 Å². The number of nitrogens with one attached hydrogen (secondary N) is 1. The Labute approximate surface area is 115 Å². The lowest BCUT2D eigenvalue weighted by Crippen LogP contribution is -2.31. The van der Waals surface area contributed by atoms with Crippen LogP contribution in [-0.2, 0) is 0 Å². The van der Waals surface area contributed by atoms with Gasteiger partial charge in [-0.25, -0.2) is 0 Å². The normalized spacial score (nSPS) is 23.1. The standard InChI is InChI=1S/C16H24N2O/c1-11-3-6-13(7-4-11)10-18-16(19)15-9-14(17)8-5-12(15)2/h5,8-9,11,13H,3-4,6-7,10,17H2,1-2H3,(H,18,19). The molecule has 1 aromatic rings. The second-order valence-corrected chi connectivity index (χ2v) is 5.91. The third-order valence-corrected chi connectivity index (χ3v) is 4.19. The van der Waals surface area contributed by atoms with E-state index in [0.29, 0.717) is 17.2 Å². The summed E-state index contributed by atoms with van der Waals surface area (Å²) in [7, 11) is 0. The monoisotopic (exact) mass is 260 g/mol. The van der Waals surface area contributed by atoms with Crippen molar-refractivity contribution in [2.75, 3.05) is 12.3 Å². The van der Waals surface area contributed by atoms with Gasteiger partial charge in [0.2, 0.25) is 0 Å². The van der Waals surface area contributed by atoms with Crippen molar-refractivity contribution in [3.63, 3.8) is 0 Å². The Kier molecular flexibility index (Phi) is 4.46. The topological polar surface area (TPSA) is 55.1 Å². The largest absolute Gasteiger partial charge is 0.399 e. The predicted molar refractivity (Wildman–Crippen MR) is 79.0 cm³/mol. The lowest BCUT2D eigenvalue weighted by molar-refractivity contribution is 0.0941. The third-order valence-electron chi connectivity index (χ3n) is 4.19. The Morgan fingerprint density at radius 2 is 2.00 bits per heavy atom. The van der Waals surface area contributed by atoms with Crippen LogP contribution in [-0.4, -0.2) is 12.5 Å². The number of rotatable bonds is 3. The number of benzene rings is 1. The van der Waals surface area contributed by atoms with Crippen molar-refractivity contribution in [1.29, 1.82) is 0 Å². The summed E-state index contributed by atoms with van der Waals surface area (Å²) < 4.78 is 0. The summed E-state index contributed by atoms with van der Waals surface area (Å²) in [6, 6.07) is 5.48. The molecule has 1 saturated carbocycles. The summed E-state index contributed by atoms with van der Waals surface area (Å²) in [6.45, 7) is 5.04. The molecule has 0 saturated heterocycles. The second kappa shape index (κ2) is 6.09. The van der Waals surface area contributed by atoms with E-state index in [-0.39, 0.29) is 5.91 Å². The maximum atomic E-state index is 12.2. The first-order valence-corrected chi connectivity index (χ1v) is 7.20. The van der Waals surface area contributed by atoms with Crippen molar-refractivity contribution in [2.45, 2.75) is 39.5 Å². The molecule has 3 heteroatoms. The number of aryl methyl sites for hydroxylation is 1. The molecule has 1 aliphatic rings. The highest BCUT2D eigenvalue weighted by Gasteiger charge is 2.19. The maximum absolute atomic E-state index is 12.2. The van der Waals surface area contributed by atoms with E-state index in [9.17, 15) is 4.79 Å². The van der Waals surface area contributed by atoms with Crippen LogP contribution >= 0.6 is 0 Å². The van der Waals surface area contributed by atoms with Crippen LogP contribution < -0.4 is 11.1 Å². The zero-order valence-corrected chi connectivity index (χ0v) is 11.9. The van der Waals surface area contributed by atoms with Gasteiger partial charge in [0.05, 0.1) is 0 Å². The Morgan fingerprint density at radius 1 is 1.32 bits per heavy atom. The first-order valence-electron chi connectivity index (χ1n) is 7.20. The van der Waals surface area contributed by atoms with E-state index in [1.165, 1.54) is 25.7 Å². The molecular weight excluding hydrogens is 236 g/mol. The fourth-order valence-electron chi connectivity index (χ4n) is 2.75. The van der Waals surface area contributed by atoms with E-state index < -0.39 is 0 Å². The highest BCUT2D eigenvalue weighted by atomic mass is 16.1. The van der Waals surface area contributed by atoms with Crippen LogP contribution in [0.4, 0.5) is 5.69 Å². The van der Waals surface area contributed by atoms with Crippen LogP contribution in [0.3, 0.4) is 0 Å². The third kappa shape index (κ3) is 3.72. The van der Waals surface area contributed by atoms with Gasteiger partial charge in [-0.2, -0.15) is 0 Å². The van der Waals surface area contributed by atoms with Gasteiger partial charge < -0.3 is 11.1 Å². The number of nitrogen functional groups attached to an aromatic ring is 1. The molecule has 0 aliphatic heterocycles. The van der Waals surface area contributed by atoms with Crippen LogP contribution in [0.15, 0.2) is 18.2 Å². The first kappa shape index (κ1) is 13.9. The van der Waals surface area contributed by atoms with Gasteiger partial charge in [-0.05, 0) is 49.3 Å². The highest BCUT2D eigenvalue weighted by molar-refractivity contribution is 5.96. The van der Waals surface area contributed by atoms with Crippen LogP contribution in [0.25, 0.3) is 0 Å². The van der Waals surface area contributed by atoms with E-state index in [1.54, 1.807) is 6.07 Å². The SMILES string of the molecule is Cc1ccc(N)cc1C(=O)NCC1CCC(C)CC1. The Balaban J connectivity index is 1.89. The zero-order valence-electron chi connectivity index (χ0n) is 11.9. The summed E-state index contributed by atoms with van der Waals surface area (Å²) in [4.78, 5) is 12.2. The summed E-state index contributed by atoms with van der Waals surface area (Å²) in [6.07, 6.45) is 5.05. The van der Waals surface area contributed by atoms with Crippen molar-refractivity contribution < 1.29 is 4.79 Å². The molecule has 1 amide bonds. The van der Waals surface area contributed by atoms with Crippen LogP contribution in [0, 0.1) is 18.8 Å². The quantitative estimate of drug-likeness (QED) is 0.820. The molecule has 0 bridgehead atoms. The van der Waals surface area contributed by atoms with Crippen LogP contribution in [0.5, 0.6) is 0 Å². The Bertz CT molecular complexity index is 448. The van der Waals surface area contributed by atoms with Crippen molar-refractivity contribution in [2.24, 2.45) is 11.8 Å². The number of anilines is 1. The molecule has 3 nitrogen and oxygen atoms in total. The summed E-state index contributed by atoms with van der Waals surface area (Å²) in [5.74, 6) is 1.49. The maximum Gasteiger partial charge on any atom is 0.251 e. The molecule has 1 aliphatic carbocycles. The van der Waals surface area contributed by atoms with Crippen molar-refractivity contribution in [3.05, 3.63) is 29.3 Å². The second-order valence-electron chi connectivity index (χ2n) is 5.91. The lowest BCUT2D eigenvalue weighted by atomic mass is 9.83. The Morgan fingerprint density at radius 3 is 2.68 bits per heavy atom. The average molecular weight is 260 g/mol. The van der Waals surface area contributed by atoms with Gasteiger partial charge in [0.25, 0.3) is 5.91 Å². The van der Waals surface area contributed by atoms with Gasteiger partial charge in [0.15, 0.2) is 0 Å². The zero-order chi connectivity index (χ0) is 13.8. The molecule has 2 rings (SSSR count). The van der Waals surface area contributed by atoms with Gasteiger partial charge in [-0.15, -0.1) is 0 Å². The van der Waals surface area contributed by atoms with Gasteiger partial charge in [0, 0.05) is 17.8 Å². The van der Waals surface area contributed by atoms with Crippen molar-refractivity contribution in [3.8, 4) is 0 Å². The summed E-state index contributed by atoms with van der Waals surface area (Å²) in [5, 5.41) is 3.06. The smallest absolute Gasteiger partial charge is 0.251 e. The molecule has 0 radical (unpaired) electrons. The predicted octanol–water partition coefficient (Wildman–Crippen LogP) is 3.13. The van der Waals surface area contributed by atoms with E-state index >= 15 is 0 Å². The van der Waals surface area contributed by atoms with Crippen LogP contribution in [0.1, 0.15) is 48.5 Å². The lowest BCUT2D eigenvalue weighted by Gasteiger charge is -2.26. The molecule has 0 aromatic heterocycles. The number of carbonyl (C=O) groups excluding carboxylic acids is 1. The van der Waals surface area contributed by atoms with Gasteiger partial charge >= 0.3 is 0 Å². The molecule has 1 fully saturated rings. The highest BCUT2D eigenvalue weighted by Crippen LogP contribution is 2.27. The number of nitrogens with two attached hydrogens (primary N) is 1. The fraction of sp³-hybridized carbons (Fsp3) is 0.562. The van der Waals surface area contributed by atoms with Crippen molar-refractivity contribution in [1.82, 2.24) is 5.32 Å². The number of amides is 1. The molecule has 0 atom stereocenters. The molecule has 0 spiro atoms. The molecule has 19 heavy (non-hydrogen) atoms.